The highest BCUT2D eigenvalue weighted by molar-refractivity contribution is 6.30. The van der Waals surface area contributed by atoms with Crippen molar-refractivity contribution in [3.8, 4) is 5.75 Å². The minimum absolute atomic E-state index is 0.0299. The third kappa shape index (κ3) is 4.74. The molecule has 1 aliphatic heterocycles. The summed E-state index contributed by atoms with van der Waals surface area (Å²) < 4.78 is 5.79. The van der Waals surface area contributed by atoms with E-state index in [1.165, 1.54) is 5.56 Å². The predicted octanol–water partition coefficient (Wildman–Crippen LogP) is 3.08. The fourth-order valence-corrected chi connectivity index (χ4v) is 3.58. The zero-order valence-electron chi connectivity index (χ0n) is 15.2. The molecule has 0 saturated carbocycles. The maximum Gasteiger partial charge on any atom is 0.260 e. The summed E-state index contributed by atoms with van der Waals surface area (Å²) in [4.78, 5) is 20.8. The number of amides is 1. The van der Waals surface area contributed by atoms with E-state index in [2.05, 4.69) is 9.88 Å². The minimum Gasteiger partial charge on any atom is -0.483 e. The number of carbonyl (C=O) groups excluding carboxylic acids is 1. The number of pyridine rings is 1. The smallest absolute Gasteiger partial charge is 0.260 e. The summed E-state index contributed by atoms with van der Waals surface area (Å²) in [7, 11) is 0. The average molecular weight is 374 g/mol. The lowest BCUT2D eigenvalue weighted by Gasteiger charge is -2.34. The Morgan fingerprint density at radius 2 is 1.73 bits per heavy atom. The van der Waals surface area contributed by atoms with E-state index < -0.39 is 0 Å². The molecule has 138 valence electrons. The maximum atomic E-state index is 12.5. The molecule has 1 fully saturated rings. The summed E-state index contributed by atoms with van der Waals surface area (Å²) >= 11 is 6.04. The summed E-state index contributed by atoms with van der Waals surface area (Å²) in [6, 6.07) is 7.77. The van der Waals surface area contributed by atoms with Gasteiger partial charge in [-0.05, 0) is 54.8 Å². The number of hydrogen-bond donors (Lipinski definition) is 0. The first-order valence-corrected chi connectivity index (χ1v) is 9.19. The second-order valence-corrected chi connectivity index (χ2v) is 7.11. The number of aryl methyl sites for hydroxylation is 2. The van der Waals surface area contributed by atoms with E-state index in [1.54, 1.807) is 0 Å². The van der Waals surface area contributed by atoms with Gasteiger partial charge in [0.1, 0.15) is 5.75 Å². The van der Waals surface area contributed by atoms with Crippen molar-refractivity contribution >= 4 is 17.5 Å². The Bertz CT molecular complexity index is 736. The van der Waals surface area contributed by atoms with Gasteiger partial charge in [0.25, 0.3) is 5.91 Å². The zero-order valence-corrected chi connectivity index (χ0v) is 16.0. The number of carbonyl (C=O) groups is 1. The van der Waals surface area contributed by atoms with Crippen LogP contribution >= 0.6 is 11.6 Å². The van der Waals surface area contributed by atoms with E-state index in [0.717, 1.165) is 49.6 Å². The summed E-state index contributed by atoms with van der Waals surface area (Å²) in [5.41, 5.74) is 3.15. The molecule has 0 radical (unpaired) electrons. The largest absolute Gasteiger partial charge is 0.483 e. The van der Waals surface area contributed by atoms with E-state index in [9.17, 15) is 4.79 Å². The average Bonchev–Trinajstić information content (AvgIpc) is 2.62. The Labute approximate surface area is 159 Å². The number of halogens is 1. The van der Waals surface area contributed by atoms with Crippen LogP contribution in [-0.2, 0) is 11.3 Å². The Morgan fingerprint density at radius 3 is 2.35 bits per heavy atom. The fourth-order valence-electron chi connectivity index (χ4n) is 3.25. The van der Waals surface area contributed by atoms with E-state index in [0.29, 0.717) is 5.02 Å². The van der Waals surface area contributed by atoms with Crippen LogP contribution in [0.15, 0.2) is 36.7 Å². The lowest BCUT2D eigenvalue weighted by Crippen LogP contribution is -2.49. The lowest BCUT2D eigenvalue weighted by atomic mass is 10.1. The number of aromatic nitrogens is 1. The SMILES string of the molecule is Cc1cc(Cl)cc(C)c1OCC(=O)N1CCN(Cc2ccncc2)CC1. The highest BCUT2D eigenvalue weighted by Crippen LogP contribution is 2.27. The van der Waals surface area contributed by atoms with Crippen molar-refractivity contribution in [2.24, 2.45) is 0 Å². The van der Waals surface area contributed by atoms with Crippen LogP contribution in [0.2, 0.25) is 5.02 Å². The van der Waals surface area contributed by atoms with E-state index in [4.69, 9.17) is 16.3 Å². The first-order chi connectivity index (χ1) is 12.5. The van der Waals surface area contributed by atoms with Gasteiger partial charge in [-0.15, -0.1) is 0 Å². The molecule has 26 heavy (non-hydrogen) atoms. The molecule has 1 saturated heterocycles. The highest BCUT2D eigenvalue weighted by Gasteiger charge is 2.21. The molecule has 1 aromatic carbocycles. The first kappa shape index (κ1) is 18.7. The van der Waals surface area contributed by atoms with Crippen molar-refractivity contribution in [2.45, 2.75) is 20.4 Å². The van der Waals surface area contributed by atoms with Crippen molar-refractivity contribution < 1.29 is 9.53 Å². The molecule has 5 nitrogen and oxygen atoms in total. The quantitative estimate of drug-likeness (QED) is 0.808. The molecule has 0 spiro atoms. The summed E-state index contributed by atoms with van der Waals surface area (Å²) in [6.07, 6.45) is 3.63. The van der Waals surface area contributed by atoms with Gasteiger partial charge in [-0.1, -0.05) is 11.6 Å². The monoisotopic (exact) mass is 373 g/mol. The van der Waals surface area contributed by atoms with Gasteiger partial charge >= 0.3 is 0 Å². The van der Waals surface area contributed by atoms with Gasteiger partial charge in [0.15, 0.2) is 6.61 Å². The Balaban J connectivity index is 1.48. The second-order valence-electron chi connectivity index (χ2n) is 6.67. The number of hydrogen-bond acceptors (Lipinski definition) is 4. The predicted molar refractivity (Wildman–Crippen MR) is 103 cm³/mol. The molecule has 1 amide bonds. The number of ether oxygens (including phenoxy) is 1. The molecule has 0 aliphatic carbocycles. The van der Waals surface area contributed by atoms with E-state index in [1.807, 2.05) is 55.4 Å². The number of rotatable bonds is 5. The summed E-state index contributed by atoms with van der Waals surface area (Å²) in [5, 5.41) is 0.684. The molecule has 6 heteroatoms. The molecule has 1 aromatic heterocycles. The Kier molecular flexibility index (Phi) is 6.12. The van der Waals surface area contributed by atoms with E-state index in [-0.39, 0.29) is 12.5 Å². The normalized spacial score (nSPS) is 15.1. The zero-order chi connectivity index (χ0) is 18.5. The second kappa shape index (κ2) is 8.52. The van der Waals surface area contributed by atoms with Gasteiger partial charge in [0.2, 0.25) is 0 Å². The highest BCUT2D eigenvalue weighted by atomic mass is 35.5. The molecule has 0 atom stereocenters. The van der Waals surface area contributed by atoms with E-state index >= 15 is 0 Å². The van der Waals surface area contributed by atoms with Gasteiger partial charge in [0, 0.05) is 50.1 Å². The maximum absolute atomic E-state index is 12.5. The fraction of sp³-hybridized carbons (Fsp3) is 0.400. The van der Waals surface area contributed by atoms with Crippen LogP contribution in [-0.4, -0.2) is 53.5 Å². The minimum atomic E-state index is 0.0299. The van der Waals surface area contributed by atoms with Crippen LogP contribution < -0.4 is 4.74 Å². The number of benzene rings is 1. The molecule has 3 rings (SSSR count). The third-order valence-corrected chi connectivity index (χ3v) is 4.86. The first-order valence-electron chi connectivity index (χ1n) is 8.81. The molecular weight excluding hydrogens is 350 g/mol. The van der Waals surface area contributed by atoms with Gasteiger partial charge in [-0.3, -0.25) is 14.7 Å². The summed E-state index contributed by atoms with van der Waals surface area (Å²) in [5.74, 6) is 0.779. The molecule has 0 unspecified atom stereocenters. The van der Waals surface area contributed by atoms with Crippen LogP contribution in [0.3, 0.4) is 0 Å². The van der Waals surface area contributed by atoms with Crippen LogP contribution in [0.25, 0.3) is 0 Å². The number of nitrogens with zero attached hydrogens (tertiary/aromatic N) is 3. The standard InChI is InChI=1S/C20H24ClN3O2/c1-15-11-18(21)12-16(2)20(15)26-14-19(25)24-9-7-23(8-10-24)13-17-3-5-22-6-4-17/h3-6,11-12H,7-10,13-14H2,1-2H3. The molecule has 0 bridgehead atoms. The molecule has 1 aliphatic rings. The van der Waals surface area contributed by atoms with Gasteiger partial charge in [0.05, 0.1) is 0 Å². The molecule has 2 aromatic rings. The lowest BCUT2D eigenvalue weighted by molar-refractivity contribution is -0.135. The van der Waals surface area contributed by atoms with Crippen molar-refractivity contribution in [3.05, 3.63) is 58.4 Å². The third-order valence-electron chi connectivity index (χ3n) is 4.65. The van der Waals surface area contributed by atoms with Crippen molar-refractivity contribution in [1.29, 1.82) is 0 Å². The van der Waals surface area contributed by atoms with Gasteiger partial charge in [-0.25, -0.2) is 0 Å². The van der Waals surface area contributed by atoms with Crippen LogP contribution in [0.4, 0.5) is 0 Å². The molecular formula is C20H24ClN3O2. The van der Waals surface area contributed by atoms with Crippen LogP contribution in [0, 0.1) is 13.8 Å². The van der Waals surface area contributed by atoms with Gasteiger partial charge in [-0.2, -0.15) is 0 Å². The van der Waals surface area contributed by atoms with Crippen molar-refractivity contribution in [3.63, 3.8) is 0 Å². The van der Waals surface area contributed by atoms with Crippen molar-refractivity contribution in [2.75, 3.05) is 32.8 Å². The van der Waals surface area contributed by atoms with Crippen LogP contribution in [0.1, 0.15) is 16.7 Å². The molecule has 2 heterocycles. The molecule has 0 N–H and O–H groups in total. The Hall–Kier alpha value is -2.11. The Morgan fingerprint density at radius 1 is 1.12 bits per heavy atom. The van der Waals surface area contributed by atoms with Crippen molar-refractivity contribution in [1.82, 2.24) is 14.8 Å². The van der Waals surface area contributed by atoms with Gasteiger partial charge < -0.3 is 9.64 Å². The van der Waals surface area contributed by atoms with Crippen LogP contribution in [0.5, 0.6) is 5.75 Å². The number of piperazine rings is 1. The topological polar surface area (TPSA) is 45.7 Å². The summed E-state index contributed by atoms with van der Waals surface area (Å²) in [6.45, 7) is 8.03.